The fraction of sp³-hybridized carbons (Fsp3) is 0.333. The monoisotopic (exact) mass is 312 g/mol. The van der Waals surface area contributed by atoms with Gasteiger partial charge in [0.05, 0.1) is 6.20 Å². The molecule has 0 amide bonds. The van der Waals surface area contributed by atoms with Crippen molar-refractivity contribution in [3.63, 3.8) is 0 Å². The smallest absolute Gasteiger partial charge is 0.331 e. The van der Waals surface area contributed by atoms with Gasteiger partial charge in [-0.3, -0.25) is 18.7 Å². The van der Waals surface area contributed by atoms with Gasteiger partial charge in [0, 0.05) is 26.4 Å². The van der Waals surface area contributed by atoms with E-state index in [9.17, 15) is 14.4 Å². The van der Waals surface area contributed by atoms with Gasteiger partial charge in [-0.1, -0.05) is 11.6 Å². The number of hydrogen-bond acceptors (Lipinski definition) is 5. The van der Waals surface area contributed by atoms with Gasteiger partial charge < -0.3 is 9.30 Å². The van der Waals surface area contributed by atoms with Gasteiger partial charge in [0.2, 0.25) is 0 Å². The van der Waals surface area contributed by atoms with Crippen molar-refractivity contribution in [2.24, 2.45) is 14.1 Å². The molecule has 0 fully saturated rings. The van der Waals surface area contributed by atoms with E-state index in [1.165, 1.54) is 25.5 Å². The lowest BCUT2D eigenvalue weighted by atomic mass is 10.5. The maximum Gasteiger partial charge on any atom is 0.331 e. The van der Waals surface area contributed by atoms with Crippen LogP contribution in [0.3, 0.4) is 0 Å². The summed E-state index contributed by atoms with van der Waals surface area (Å²) in [4.78, 5) is 38.7. The number of imidazole rings is 1. The minimum atomic E-state index is -0.616. The topological polar surface area (TPSA) is 88.1 Å². The van der Waals surface area contributed by atoms with Crippen molar-refractivity contribution in [3.05, 3.63) is 50.3 Å². The minimum Gasteiger partial charge on any atom is -0.456 e. The van der Waals surface area contributed by atoms with Crippen molar-refractivity contribution in [3.8, 4) is 0 Å². The summed E-state index contributed by atoms with van der Waals surface area (Å²) >= 11 is 5.81. The Kier molecular flexibility index (Phi) is 4.27. The van der Waals surface area contributed by atoms with E-state index in [0.717, 1.165) is 9.13 Å². The highest BCUT2D eigenvalue weighted by molar-refractivity contribution is 6.29. The molecular weight excluding hydrogens is 300 g/mol. The van der Waals surface area contributed by atoms with Gasteiger partial charge in [0.15, 0.2) is 0 Å². The summed E-state index contributed by atoms with van der Waals surface area (Å²) < 4.78 is 8.60. The van der Waals surface area contributed by atoms with Gasteiger partial charge in [-0.15, -0.1) is 0 Å². The van der Waals surface area contributed by atoms with Crippen LogP contribution in [-0.2, 0) is 36.8 Å². The van der Waals surface area contributed by atoms with Gasteiger partial charge in [-0.25, -0.2) is 9.78 Å². The second-order valence-corrected chi connectivity index (χ2v) is 4.73. The number of nitrogens with zero attached hydrogens (tertiary/aromatic N) is 4. The first kappa shape index (κ1) is 15.0. The van der Waals surface area contributed by atoms with Crippen LogP contribution in [-0.4, -0.2) is 24.7 Å². The Morgan fingerprint density at radius 1 is 1.33 bits per heavy atom. The summed E-state index contributed by atoms with van der Waals surface area (Å²) in [5.74, 6) is -0.129. The van der Waals surface area contributed by atoms with Gasteiger partial charge in [0.1, 0.15) is 24.1 Å². The summed E-state index contributed by atoms with van der Waals surface area (Å²) in [6, 6.07) is 1.20. The third kappa shape index (κ3) is 3.22. The Balaban J connectivity index is 2.03. The van der Waals surface area contributed by atoms with E-state index in [4.69, 9.17) is 16.3 Å². The van der Waals surface area contributed by atoms with Crippen molar-refractivity contribution < 1.29 is 9.53 Å². The van der Waals surface area contributed by atoms with Gasteiger partial charge in [-0.2, -0.15) is 0 Å². The minimum absolute atomic E-state index is 0.0530. The Hall–Kier alpha value is -2.35. The van der Waals surface area contributed by atoms with Crippen molar-refractivity contribution in [2.45, 2.75) is 13.2 Å². The van der Waals surface area contributed by atoms with E-state index in [-0.39, 0.29) is 13.2 Å². The molecule has 0 aliphatic rings. The molecule has 112 valence electrons. The molecular formula is C12H13ClN4O4. The van der Waals surface area contributed by atoms with E-state index >= 15 is 0 Å². The van der Waals surface area contributed by atoms with Crippen LogP contribution < -0.4 is 11.2 Å². The molecule has 0 N–H and O–H groups in total. The number of rotatable bonds is 4. The summed E-state index contributed by atoms with van der Waals surface area (Å²) in [7, 11) is 3.03. The van der Waals surface area contributed by atoms with E-state index < -0.39 is 17.2 Å². The molecule has 0 aliphatic carbocycles. The molecule has 0 unspecified atom stereocenters. The molecule has 0 bridgehead atoms. The average molecular weight is 313 g/mol. The number of halogens is 1. The molecule has 8 nitrogen and oxygen atoms in total. The number of esters is 1. The van der Waals surface area contributed by atoms with Crippen LogP contribution in [0.1, 0.15) is 5.82 Å². The quantitative estimate of drug-likeness (QED) is 0.722. The van der Waals surface area contributed by atoms with Crippen molar-refractivity contribution in [1.82, 2.24) is 18.7 Å². The molecule has 2 aromatic rings. The first-order valence-corrected chi connectivity index (χ1v) is 6.36. The zero-order valence-electron chi connectivity index (χ0n) is 11.4. The third-order valence-electron chi connectivity index (χ3n) is 2.95. The molecule has 9 heteroatoms. The molecule has 2 rings (SSSR count). The van der Waals surface area contributed by atoms with Crippen molar-refractivity contribution in [2.75, 3.05) is 0 Å². The maximum absolute atomic E-state index is 11.7. The maximum atomic E-state index is 11.7. The molecule has 2 heterocycles. The van der Waals surface area contributed by atoms with E-state index in [0.29, 0.717) is 11.0 Å². The highest BCUT2D eigenvalue weighted by atomic mass is 35.5. The van der Waals surface area contributed by atoms with Gasteiger partial charge in [-0.05, 0) is 0 Å². The van der Waals surface area contributed by atoms with Crippen LogP contribution in [0.2, 0.25) is 5.15 Å². The molecule has 0 aliphatic heterocycles. The Morgan fingerprint density at radius 2 is 2.05 bits per heavy atom. The number of ether oxygens (including phenoxy) is 1. The Morgan fingerprint density at radius 3 is 2.67 bits per heavy atom. The zero-order chi connectivity index (χ0) is 15.6. The van der Waals surface area contributed by atoms with Gasteiger partial charge >= 0.3 is 11.7 Å². The summed E-state index contributed by atoms with van der Waals surface area (Å²) in [6.07, 6.45) is 2.70. The Bertz CT molecular complexity index is 789. The first-order valence-electron chi connectivity index (χ1n) is 5.98. The molecule has 0 aromatic carbocycles. The largest absolute Gasteiger partial charge is 0.456 e. The molecule has 2 aromatic heterocycles. The van der Waals surface area contributed by atoms with Crippen LogP contribution in [0.15, 0.2) is 28.0 Å². The molecule has 0 radical (unpaired) electrons. The van der Waals surface area contributed by atoms with Crippen LogP contribution in [0.25, 0.3) is 0 Å². The molecule has 0 saturated carbocycles. The summed E-state index contributed by atoms with van der Waals surface area (Å²) in [6.45, 7) is -0.340. The molecule has 21 heavy (non-hydrogen) atoms. The molecule has 0 saturated heterocycles. The van der Waals surface area contributed by atoms with Crippen LogP contribution in [0.5, 0.6) is 0 Å². The van der Waals surface area contributed by atoms with E-state index in [1.54, 1.807) is 11.6 Å². The van der Waals surface area contributed by atoms with Crippen LogP contribution in [0.4, 0.5) is 0 Å². The predicted octanol–water partition coefficient (Wildman–Crippen LogP) is -0.323. The lowest BCUT2D eigenvalue weighted by Gasteiger charge is -2.08. The van der Waals surface area contributed by atoms with Gasteiger partial charge in [0.25, 0.3) is 5.56 Å². The number of carbonyl (C=O) groups is 1. The lowest BCUT2D eigenvalue weighted by molar-refractivity contribution is -0.146. The second kappa shape index (κ2) is 5.96. The lowest BCUT2D eigenvalue weighted by Crippen LogP contribution is -2.38. The molecule has 0 spiro atoms. The standard InChI is InChI=1S/C12H13ClN4O4/c1-15-8(13)5-14-9(15)7-21-11(19)6-17-4-3-10(18)16(2)12(17)20/h3-5H,6-7H2,1-2H3. The fourth-order valence-corrected chi connectivity index (χ4v) is 1.77. The highest BCUT2D eigenvalue weighted by Crippen LogP contribution is 2.09. The fourth-order valence-electron chi connectivity index (χ4n) is 1.62. The Labute approximate surface area is 124 Å². The number of aromatic nitrogens is 4. The van der Waals surface area contributed by atoms with E-state index in [1.807, 2.05) is 0 Å². The summed E-state index contributed by atoms with van der Waals surface area (Å²) in [5, 5.41) is 0.426. The molecule has 0 atom stereocenters. The summed E-state index contributed by atoms with van der Waals surface area (Å²) in [5.41, 5.74) is -1.02. The number of carbonyl (C=O) groups excluding carboxylic acids is 1. The predicted molar refractivity (Wildman–Crippen MR) is 74.0 cm³/mol. The normalized spacial score (nSPS) is 10.6. The zero-order valence-corrected chi connectivity index (χ0v) is 12.2. The van der Waals surface area contributed by atoms with Crippen LogP contribution >= 0.6 is 11.6 Å². The third-order valence-corrected chi connectivity index (χ3v) is 3.30. The highest BCUT2D eigenvalue weighted by Gasteiger charge is 2.11. The van der Waals surface area contributed by atoms with Crippen molar-refractivity contribution >= 4 is 17.6 Å². The van der Waals surface area contributed by atoms with Crippen molar-refractivity contribution in [1.29, 1.82) is 0 Å². The van der Waals surface area contributed by atoms with E-state index in [2.05, 4.69) is 4.98 Å². The second-order valence-electron chi connectivity index (χ2n) is 4.34. The first-order chi connectivity index (χ1) is 9.90. The number of hydrogen-bond donors (Lipinski definition) is 0. The van der Waals surface area contributed by atoms with Crippen LogP contribution in [0, 0.1) is 0 Å². The SMILES string of the molecule is Cn1c(Cl)cnc1COC(=O)Cn1ccc(=O)n(C)c1=O. The average Bonchev–Trinajstić information content (AvgIpc) is 2.77.